The van der Waals surface area contributed by atoms with Crippen LogP contribution in [0, 0.1) is 5.92 Å². The Bertz CT molecular complexity index is 554. The zero-order valence-corrected chi connectivity index (χ0v) is 14.4. The molecule has 0 aromatic heterocycles. The normalized spacial score (nSPS) is 15.2. The molecule has 1 N–H and O–H groups in total. The minimum Gasteiger partial charge on any atom is -0.497 e. The Labute approximate surface area is 143 Å². The van der Waals surface area contributed by atoms with Crippen molar-refractivity contribution in [2.45, 2.75) is 19.3 Å². The Kier molecular flexibility index (Phi) is 7.06. The van der Waals surface area contributed by atoms with E-state index in [1.165, 1.54) is 0 Å². The summed E-state index contributed by atoms with van der Waals surface area (Å²) in [5.74, 6) is 0.737. The van der Waals surface area contributed by atoms with E-state index in [9.17, 15) is 9.59 Å². The molecule has 1 aromatic rings. The first kappa shape index (κ1) is 18.3. The standard InChI is InChI=1S/C18H26N2O4/c1-23-12-4-9-19-17(21)14-7-10-20(11-8-14)18(22)15-5-3-6-16(13-15)24-2/h3,5-6,13-14H,4,7-12H2,1-2H3,(H,19,21). The molecule has 132 valence electrons. The fourth-order valence-electron chi connectivity index (χ4n) is 2.86. The van der Waals surface area contributed by atoms with E-state index in [0.29, 0.717) is 50.4 Å². The van der Waals surface area contributed by atoms with Gasteiger partial charge >= 0.3 is 0 Å². The highest BCUT2D eigenvalue weighted by molar-refractivity contribution is 5.94. The number of benzene rings is 1. The Morgan fingerprint density at radius 3 is 2.67 bits per heavy atom. The van der Waals surface area contributed by atoms with Gasteiger partial charge in [-0.15, -0.1) is 0 Å². The number of hydrogen-bond acceptors (Lipinski definition) is 4. The maximum Gasteiger partial charge on any atom is 0.253 e. The predicted molar refractivity (Wildman–Crippen MR) is 91.1 cm³/mol. The molecular weight excluding hydrogens is 308 g/mol. The number of carbonyl (C=O) groups excluding carboxylic acids is 2. The molecule has 0 radical (unpaired) electrons. The summed E-state index contributed by atoms with van der Waals surface area (Å²) in [6.45, 7) is 2.49. The number of carbonyl (C=O) groups is 2. The van der Waals surface area contributed by atoms with Crippen molar-refractivity contribution in [3.63, 3.8) is 0 Å². The Morgan fingerprint density at radius 2 is 2.00 bits per heavy atom. The third-order valence-electron chi connectivity index (χ3n) is 4.29. The van der Waals surface area contributed by atoms with E-state index in [4.69, 9.17) is 9.47 Å². The fourth-order valence-corrected chi connectivity index (χ4v) is 2.86. The van der Waals surface area contributed by atoms with Gasteiger partial charge in [-0.1, -0.05) is 6.07 Å². The summed E-state index contributed by atoms with van der Waals surface area (Å²) in [6.07, 6.45) is 2.22. The maximum absolute atomic E-state index is 12.5. The summed E-state index contributed by atoms with van der Waals surface area (Å²) in [5, 5.41) is 2.94. The molecule has 24 heavy (non-hydrogen) atoms. The van der Waals surface area contributed by atoms with Gasteiger partial charge in [0.25, 0.3) is 5.91 Å². The molecule has 1 heterocycles. The minimum atomic E-state index is -0.0121. The minimum absolute atomic E-state index is 0.00662. The zero-order valence-electron chi connectivity index (χ0n) is 14.4. The summed E-state index contributed by atoms with van der Waals surface area (Å²) in [7, 11) is 3.23. The summed E-state index contributed by atoms with van der Waals surface area (Å²) in [4.78, 5) is 26.5. The second-order valence-corrected chi connectivity index (χ2v) is 5.94. The van der Waals surface area contributed by atoms with Gasteiger partial charge in [-0.25, -0.2) is 0 Å². The van der Waals surface area contributed by atoms with Crippen molar-refractivity contribution in [3.8, 4) is 5.75 Å². The predicted octanol–water partition coefficient (Wildman–Crippen LogP) is 1.70. The Hall–Kier alpha value is -2.08. The topological polar surface area (TPSA) is 67.9 Å². The lowest BCUT2D eigenvalue weighted by atomic mass is 9.95. The van der Waals surface area contributed by atoms with Crippen molar-refractivity contribution in [3.05, 3.63) is 29.8 Å². The van der Waals surface area contributed by atoms with Crippen LogP contribution in [-0.4, -0.2) is 57.2 Å². The first-order valence-corrected chi connectivity index (χ1v) is 8.35. The lowest BCUT2D eigenvalue weighted by Gasteiger charge is -2.31. The van der Waals surface area contributed by atoms with E-state index in [1.807, 2.05) is 17.0 Å². The van der Waals surface area contributed by atoms with Crippen molar-refractivity contribution in [2.75, 3.05) is 40.5 Å². The number of rotatable bonds is 7. The van der Waals surface area contributed by atoms with Gasteiger partial charge in [-0.3, -0.25) is 9.59 Å². The number of amides is 2. The molecule has 0 spiro atoms. The molecule has 0 unspecified atom stereocenters. The third kappa shape index (κ3) is 4.96. The van der Waals surface area contributed by atoms with Crippen molar-refractivity contribution >= 4 is 11.8 Å². The zero-order chi connectivity index (χ0) is 17.4. The van der Waals surface area contributed by atoms with Gasteiger partial charge in [0.05, 0.1) is 7.11 Å². The Morgan fingerprint density at radius 1 is 1.25 bits per heavy atom. The number of likely N-dealkylation sites (tertiary alicyclic amines) is 1. The smallest absolute Gasteiger partial charge is 0.253 e. The first-order chi connectivity index (χ1) is 11.7. The summed E-state index contributed by atoms with van der Waals surface area (Å²) in [5.41, 5.74) is 0.622. The van der Waals surface area contributed by atoms with Gasteiger partial charge in [0.15, 0.2) is 0 Å². The molecule has 2 amide bonds. The molecule has 1 aliphatic rings. The highest BCUT2D eigenvalue weighted by atomic mass is 16.5. The highest BCUT2D eigenvalue weighted by Crippen LogP contribution is 2.21. The summed E-state index contributed by atoms with van der Waals surface area (Å²) < 4.78 is 10.1. The van der Waals surface area contributed by atoms with Gasteiger partial charge in [-0.05, 0) is 37.5 Å². The van der Waals surface area contributed by atoms with Gasteiger partial charge < -0.3 is 19.7 Å². The van der Waals surface area contributed by atoms with Crippen LogP contribution in [-0.2, 0) is 9.53 Å². The lowest BCUT2D eigenvalue weighted by Crippen LogP contribution is -2.43. The molecule has 1 aromatic carbocycles. The third-order valence-corrected chi connectivity index (χ3v) is 4.29. The molecule has 6 nitrogen and oxygen atoms in total. The second-order valence-electron chi connectivity index (χ2n) is 5.94. The van der Waals surface area contributed by atoms with Crippen molar-refractivity contribution in [2.24, 2.45) is 5.92 Å². The molecular formula is C18H26N2O4. The summed E-state index contributed by atoms with van der Waals surface area (Å²) >= 11 is 0. The van der Waals surface area contributed by atoms with Crippen LogP contribution in [0.3, 0.4) is 0 Å². The average molecular weight is 334 g/mol. The van der Waals surface area contributed by atoms with Crippen LogP contribution in [0.1, 0.15) is 29.6 Å². The number of nitrogens with zero attached hydrogens (tertiary/aromatic N) is 1. The van der Waals surface area contributed by atoms with Crippen LogP contribution in [0.5, 0.6) is 5.75 Å². The van der Waals surface area contributed by atoms with E-state index in [0.717, 1.165) is 6.42 Å². The number of ether oxygens (including phenoxy) is 2. The Balaban J connectivity index is 1.81. The lowest BCUT2D eigenvalue weighted by molar-refractivity contribution is -0.126. The molecule has 2 rings (SSSR count). The largest absolute Gasteiger partial charge is 0.497 e. The summed E-state index contributed by atoms with van der Waals surface area (Å²) in [6, 6.07) is 7.17. The maximum atomic E-state index is 12.5. The SMILES string of the molecule is COCCCNC(=O)C1CCN(C(=O)c2cccc(OC)c2)CC1. The van der Waals surface area contributed by atoms with E-state index in [2.05, 4.69) is 5.32 Å². The average Bonchev–Trinajstić information content (AvgIpc) is 2.64. The number of hydrogen-bond donors (Lipinski definition) is 1. The van der Waals surface area contributed by atoms with Gasteiger partial charge in [0.2, 0.25) is 5.91 Å². The molecule has 0 saturated carbocycles. The molecule has 0 bridgehead atoms. The molecule has 1 fully saturated rings. The van der Waals surface area contributed by atoms with E-state index in [1.54, 1.807) is 26.4 Å². The van der Waals surface area contributed by atoms with E-state index >= 15 is 0 Å². The highest BCUT2D eigenvalue weighted by Gasteiger charge is 2.27. The quantitative estimate of drug-likeness (QED) is 0.771. The second kappa shape index (κ2) is 9.27. The van der Waals surface area contributed by atoms with Crippen LogP contribution in [0.2, 0.25) is 0 Å². The first-order valence-electron chi connectivity index (χ1n) is 8.35. The molecule has 0 atom stereocenters. The van der Waals surface area contributed by atoms with Gasteiger partial charge in [0.1, 0.15) is 5.75 Å². The van der Waals surface area contributed by atoms with Gasteiger partial charge in [0, 0.05) is 44.8 Å². The van der Waals surface area contributed by atoms with Crippen molar-refractivity contribution in [1.82, 2.24) is 10.2 Å². The van der Waals surface area contributed by atoms with E-state index < -0.39 is 0 Å². The van der Waals surface area contributed by atoms with Crippen LogP contribution in [0.15, 0.2) is 24.3 Å². The fraction of sp³-hybridized carbons (Fsp3) is 0.556. The van der Waals surface area contributed by atoms with Crippen LogP contribution >= 0.6 is 0 Å². The molecule has 0 aliphatic carbocycles. The van der Waals surface area contributed by atoms with Crippen LogP contribution < -0.4 is 10.1 Å². The van der Waals surface area contributed by atoms with Gasteiger partial charge in [-0.2, -0.15) is 0 Å². The van der Waals surface area contributed by atoms with Crippen molar-refractivity contribution in [1.29, 1.82) is 0 Å². The number of piperidine rings is 1. The number of nitrogens with one attached hydrogen (secondary N) is 1. The van der Waals surface area contributed by atoms with Crippen LogP contribution in [0.4, 0.5) is 0 Å². The molecule has 1 saturated heterocycles. The monoisotopic (exact) mass is 334 g/mol. The number of methoxy groups -OCH3 is 2. The van der Waals surface area contributed by atoms with Crippen molar-refractivity contribution < 1.29 is 19.1 Å². The molecule has 6 heteroatoms. The van der Waals surface area contributed by atoms with Crippen LogP contribution in [0.25, 0.3) is 0 Å². The van der Waals surface area contributed by atoms with E-state index in [-0.39, 0.29) is 17.7 Å². The molecule has 1 aliphatic heterocycles.